The minimum absolute atomic E-state index is 0.0739. The molecule has 0 bridgehead atoms. The lowest BCUT2D eigenvalue weighted by molar-refractivity contribution is -0.119. The van der Waals surface area contributed by atoms with Crippen molar-refractivity contribution in [3.05, 3.63) is 29.3 Å². The fraction of sp³-hybridized carbons (Fsp3) is 0.385. The zero-order valence-corrected chi connectivity index (χ0v) is 10.9. The lowest BCUT2D eigenvalue weighted by atomic mass is 10.1. The van der Waals surface area contributed by atoms with Crippen molar-refractivity contribution >= 4 is 17.9 Å². The SMILES string of the molecule is CCCN(CC(=O)NC)c1c(F)cc(C=O)cc1F. The van der Waals surface area contributed by atoms with E-state index in [0.717, 1.165) is 12.1 Å². The standard InChI is InChI=1S/C13H16F2N2O2/c1-3-4-17(7-12(19)16-2)13-10(14)5-9(8-18)6-11(13)15/h5-6,8H,3-4,7H2,1-2H3,(H,16,19). The first-order valence-electron chi connectivity index (χ1n) is 5.93. The van der Waals surface area contributed by atoms with Gasteiger partial charge in [-0.05, 0) is 18.6 Å². The summed E-state index contributed by atoms with van der Waals surface area (Å²) in [4.78, 5) is 23.2. The molecule has 19 heavy (non-hydrogen) atoms. The summed E-state index contributed by atoms with van der Waals surface area (Å²) in [6.45, 7) is 2.03. The van der Waals surface area contributed by atoms with Crippen LogP contribution in [0.2, 0.25) is 0 Å². The third kappa shape index (κ3) is 3.74. The molecular weight excluding hydrogens is 254 g/mol. The van der Waals surface area contributed by atoms with Gasteiger partial charge in [-0.1, -0.05) is 6.92 Å². The zero-order chi connectivity index (χ0) is 14.4. The maximum absolute atomic E-state index is 13.9. The Labute approximate surface area is 110 Å². The number of aldehydes is 1. The second kappa shape index (κ2) is 6.82. The van der Waals surface area contributed by atoms with Crippen LogP contribution < -0.4 is 10.2 Å². The molecule has 1 rings (SSSR count). The number of anilines is 1. The molecule has 0 aliphatic rings. The molecule has 0 aliphatic carbocycles. The first-order valence-corrected chi connectivity index (χ1v) is 5.93. The summed E-state index contributed by atoms with van der Waals surface area (Å²) in [7, 11) is 1.45. The Hall–Kier alpha value is -1.98. The normalized spacial score (nSPS) is 10.1. The Bertz CT molecular complexity index is 455. The topological polar surface area (TPSA) is 49.4 Å². The van der Waals surface area contributed by atoms with Gasteiger partial charge in [-0.2, -0.15) is 0 Å². The molecule has 0 saturated heterocycles. The Balaban J connectivity index is 3.14. The number of nitrogens with one attached hydrogen (secondary N) is 1. The lowest BCUT2D eigenvalue weighted by Crippen LogP contribution is -2.37. The summed E-state index contributed by atoms with van der Waals surface area (Å²) < 4.78 is 27.7. The molecule has 0 atom stereocenters. The first-order chi connectivity index (χ1) is 9.03. The molecule has 0 unspecified atom stereocenters. The van der Waals surface area contributed by atoms with Gasteiger partial charge in [0.1, 0.15) is 23.6 Å². The molecule has 1 aromatic carbocycles. The van der Waals surface area contributed by atoms with E-state index in [4.69, 9.17) is 0 Å². The molecule has 6 heteroatoms. The van der Waals surface area contributed by atoms with Crippen LogP contribution in [0.1, 0.15) is 23.7 Å². The summed E-state index contributed by atoms with van der Waals surface area (Å²) >= 11 is 0. The van der Waals surface area contributed by atoms with Crippen molar-refractivity contribution in [2.24, 2.45) is 0 Å². The van der Waals surface area contributed by atoms with Crippen molar-refractivity contribution in [2.75, 3.05) is 25.0 Å². The average Bonchev–Trinajstić information content (AvgIpc) is 2.37. The predicted octanol–water partition coefficient (Wildman–Crippen LogP) is 1.74. The molecule has 1 N–H and O–H groups in total. The average molecular weight is 270 g/mol. The minimum Gasteiger partial charge on any atom is -0.358 e. The highest BCUT2D eigenvalue weighted by molar-refractivity contribution is 5.82. The summed E-state index contributed by atoms with van der Waals surface area (Å²) in [5.74, 6) is -2.04. The largest absolute Gasteiger partial charge is 0.358 e. The number of rotatable bonds is 6. The molecular formula is C13H16F2N2O2. The van der Waals surface area contributed by atoms with Gasteiger partial charge in [0.2, 0.25) is 5.91 Å². The van der Waals surface area contributed by atoms with Crippen LogP contribution in [0.4, 0.5) is 14.5 Å². The van der Waals surface area contributed by atoms with Gasteiger partial charge in [0.15, 0.2) is 0 Å². The number of hydrogen-bond acceptors (Lipinski definition) is 3. The van der Waals surface area contributed by atoms with Gasteiger partial charge >= 0.3 is 0 Å². The van der Waals surface area contributed by atoms with Crippen molar-refractivity contribution in [2.45, 2.75) is 13.3 Å². The van der Waals surface area contributed by atoms with Gasteiger partial charge in [-0.3, -0.25) is 9.59 Å². The van der Waals surface area contributed by atoms with Crippen LogP contribution in [0.15, 0.2) is 12.1 Å². The molecule has 0 spiro atoms. The van der Waals surface area contributed by atoms with Gasteiger partial charge in [0.05, 0.1) is 6.54 Å². The van der Waals surface area contributed by atoms with Crippen molar-refractivity contribution in [1.29, 1.82) is 0 Å². The van der Waals surface area contributed by atoms with Gasteiger partial charge < -0.3 is 10.2 Å². The number of amides is 1. The molecule has 0 aromatic heterocycles. The molecule has 1 amide bonds. The van der Waals surface area contributed by atoms with Crippen molar-refractivity contribution < 1.29 is 18.4 Å². The highest BCUT2D eigenvalue weighted by atomic mass is 19.1. The number of benzene rings is 1. The van der Waals surface area contributed by atoms with E-state index in [1.54, 1.807) is 0 Å². The van der Waals surface area contributed by atoms with Crippen molar-refractivity contribution in [1.82, 2.24) is 5.32 Å². The van der Waals surface area contributed by atoms with E-state index in [1.165, 1.54) is 11.9 Å². The van der Waals surface area contributed by atoms with E-state index in [2.05, 4.69) is 5.32 Å². The van der Waals surface area contributed by atoms with E-state index in [1.807, 2.05) is 6.92 Å². The summed E-state index contributed by atoms with van der Waals surface area (Å²) in [6, 6.07) is 1.91. The van der Waals surface area contributed by atoms with Gasteiger partial charge in [0, 0.05) is 19.2 Å². The summed E-state index contributed by atoms with van der Waals surface area (Å²) in [5, 5.41) is 2.40. The van der Waals surface area contributed by atoms with Gasteiger partial charge in [-0.15, -0.1) is 0 Å². The molecule has 0 radical (unpaired) electrons. The molecule has 1 aromatic rings. The number of carbonyl (C=O) groups excluding carboxylic acids is 2. The van der Waals surface area contributed by atoms with E-state index in [-0.39, 0.29) is 23.7 Å². The van der Waals surface area contributed by atoms with E-state index < -0.39 is 11.6 Å². The third-order valence-electron chi connectivity index (χ3n) is 2.60. The smallest absolute Gasteiger partial charge is 0.239 e. The van der Waals surface area contributed by atoms with E-state index in [0.29, 0.717) is 19.3 Å². The number of nitrogens with zero attached hydrogens (tertiary/aromatic N) is 1. The minimum atomic E-state index is -0.848. The second-order valence-electron chi connectivity index (χ2n) is 4.05. The number of carbonyl (C=O) groups is 2. The predicted molar refractivity (Wildman–Crippen MR) is 68.3 cm³/mol. The molecule has 104 valence electrons. The van der Waals surface area contributed by atoms with E-state index in [9.17, 15) is 18.4 Å². The van der Waals surface area contributed by atoms with E-state index >= 15 is 0 Å². The van der Waals surface area contributed by atoms with Gasteiger partial charge in [-0.25, -0.2) is 8.78 Å². The second-order valence-corrected chi connectivity index (χ2v) is 4.05. The monoisotopic (exact) mass is 270 g/mol. The van der Waals surface area contributed by atoms with Gasteiger partial charge in [0.25, 0.3) is 0 Å². The molecule has 0 saturated carbocycles. The third-order valence-corrected chi connectivity index (χ3v) is 2.60. The quantitative estimate of drug-likeness (QED) is 0.801. The zero-order valence-electron chi connectivity index (χ0n) is 10.9. The maximum Gasteiger partial charge on any atom is 0.239 e. The Morgan fingerprint density at radius 1 is 1.37 bits per heavy atom. The van der Waals surface area contributed by atoms with Crippen molar-refractivity contribution in [3.63, 3.8) is 0 Å². The molecule has 0 fully saturated rings. The Morgan fingerprint density at radius 3 is 2.37 bits per heavy atom. The fourth-order valence-electron chi connectivity index (χ4n) is 1.75. The number of halogens is 2. The summed E-state index contributed by atoms with van der Waals surface area (Å²) in [6.07, 6.45) is 1.00. The van der Waals surface area contributed by atoms with Crippen molar-refractivity contribution in [3.8, 4) is 0 Å². The van der Waals surface area contributed by atoms with Crippen LogP contribution >= 0.6 is 0 Å². The lowest BCUT2D eigenvalue weighted by Gasteiger charge is -2.24. The maximum atomic E-state index is 13.9. The Morgan fingerprint density at radius 2 is 1.95 bits per heavy atom. The highest BCUT2D eigenvalue weighted by Crippen LogP contribution is 2.24. The highest BCUT2D eigenvalue weighted by Gasteiger charge is 2.19. The molecule has 4 nitrogen and oxygen atoms in total. The van der Waals surface area contributed by atoms with Crippen LogP contribution in [0.5, 0.6) is 0 Å². The summed E-state index contributed by atoms with van der Waals surface area (Å²) in [5.41, 5.74) is -0.355. The number of hydrogen-bond donors (Lipinski definition) is 1. The van der Waals surface area contributed by atoms with Crippen LogP contribution in [0, 0.1) is 11.6 Å². The fourth-order valence-corrected chi connectivity index (χ4v) is 1.75. The van der Waals surface area contributed by atoms with Crippen LogP contribution in [0.3, 0.4) is 0 Å². The number of likely N-dealkylation sites (N-methyl/N-ethyl adjacent to an activating group) is 1. The van der Waals surface area contributed by atoms with Crippen LogP contribution in [-0.2, 0) is 4.79 Å². The molecule has 0 heterocycles. The first kappa shape index (κ1) is 15.1. The van der Waals surface area contributed by atoms with Crippen LogP contribution in [-0.4, -0.2) is 32.3 Å². The van der Waals surface area contributed by atoms with Crippen LogP contribution in [0.25, 0.3) is 0 Å². The Kier molecular flexibility index (Phi) is 5.41. The molecule has 0 aliphatic heterocycles.